The van der Waals surface area contributed by atoms with Gasteiger partial charge < -0.3 is 4.90 Å². The lowest BCUT2D eigenvalue weighted by atomic mass is 10.2. The number of benzene rings is 1. The van der Waals surface area contributed by atoms with E-state index in [0.717, 1.165) is 12.4 Å². The van der Waals surface area contributed by atoms with E-state index < -0.39 is 0 Å². The maximum absolute atomic E-state index is 4.14. The highest BCUT2D eigenvalue weighted by molar-refractivity contribution is 5.45. The monoisotopic (exact) mass is 240 g/mol. The summed E-state index contributed by atoms with van der Waals surface area (Å²) in [6.07, 6.45) is 3.39. The van der Waals surface area contributed by atoms with Crippen molar-refractivity contribution in [2.24, 2.45) is 0 Å². The molecule has 0 N–H and O–H groups in total. The van der Waals surface area contributed by atoms with Crippen molar-refractivity contribution in [3.8, 4) is 0 Å². The summed E-state index contributed by atoms with van der Waals surface area (Å²) in [6, 6.07) is 10.2. The first-order chi connectivity index (χ1) is 8.84. The third kappa shape index (κ3) is 1.88. The maximum Gasteiger partial charge on any atom is 0.199 e. The van der Waals surface area contributed by atoms with E-state index in [4.69, 9.17) is 0 Å². The summed E-state index contributed by atoms with van der Waals surface area (Å²) in [5.74, 6) is 0.862. The van der Waals surface area contributed by atoms with Gasteiger partial charge in [-0.25, -0.2) is 0 Å². The fourth-order valence-electron chi connectivity index (χ4n) is 1.86. The van der Waals surface area contributed by atoms with E-state index in [1.54, 1.807) is 16.9 Å². The molecule has 0 fully saturated rings. The molecule has 18 heavy (non-hydrogen) atoms. The fourth-order valence-corrected chi connectivity index (χ4v) is 1.86. The fraction of sp³-hybridized carbons (Fsp3) is 0.167. The smallest absolute Gasteiger partial charge is 0.199 e. The zero-order valence-electron chi connectivity index (χ0n) is 9.93. The molecule has 6 nitrogen and oxygen atoms in total. The van der Waals surface area contributed by atoms with Gasteiger partial charge in [0.2, 0.25) is 0 Å². The molecule has 0 radical (unpaired) electrons. The quantitative estimate of drug-likeness (QED) is 0.687. The molecule has 3 rings (SSSR count). The Morgan fingerprint density at radius 2 is 2.00 bits per heavy atom. The van der Waals surface area contributed by atoms with Gasteiger partial charge in [-0.3, -0.25) is 4.98 Å². The van der Waals surface area contributed by atoms with Crippen molar-refractivity contribution in [2.45, 2.75) is 6.54 Å². The predicted molar refractivity (Wildman–Crippen MR) is 67.1 cm³/mol. The normalized spacial score (nSPS) is 10.7. The van der Waals surface area contributed by atoms with Crippen LogP contribution in [0.3, 0.4) is 0 Å². The van der Waals surface area contributed by atoms with Crippen LogP contribution in [0.5, 0.6) is 0 Å². The number of tetrazole rings is 1. The van der Waals surface area contributed by atoms with Crippen LogP contribution in [0.4, 0.5) is 5.82 Å². The van der Waals surface area contributed by atoms with Gasteiger partial charge in [-0.15, -0.1) is 5.10 Å². The number of anilines is 1. The minimum atomic E-state index is 0.646. The summed E-state index contributed by atoms with van der Waals surface area (Å²) < 4.78 is 1.68. The topological polar surface area (TPSA) is 59.2 Å². The Morgan fingerprint density at radius 1 is 1.17 bits per heavy atom. The van der Waals surface area contributed by atoms with Gasteiger partial charge in [-0.1, -0.05) is 30.3 Å². The number of hydrogen-bond donors (Lipinski definition) is 0. The van der Waals surface area contributed by atoms with Crippen LogP contribution in [0.15, 0.2) is 42.7 Å². The summed E-state index contributed by atoms with van der Waals surface area (Å²) in [5, 5.41) is 11.5. The first kappa shape index (κ1) is 10.6. The van der Waals surface area contributed by atoms with E-state index in [1.807, 2.05) is 25.2 Å². The maximum atomic E-state index is 4.14. The molecule has 90 valence electrons. The highest BCUT2D eigenvalue weighted by Gasteiger charge is 2.08. The standard InChI is InChI=1S/C12H12N6/c1-17(9-10-5-3-2-4-6-10)12-8-13-7-11-14-15-16-18(11)12/h2-8H,9H2,1H3. The molecule has 6 heteroatoms. The number of hydrogen-bond acceptors (Lipinski definition) is 5. The average molecular weight is 240 g/mol. The van der Waals surface area contributed by atoms with Crippen LogP contribution >= 0.6 is 0 Å². The van der Waals surface area contributed by atoms with Gasteiger partial charge in [0.05, 0.1) is 12.4 Å². The van der Waals surface area contributed by atoms with E-state index >= 15 is 0 Å². The molecule has 2 aromatic heterocycles. The van der Waals surface area contributed by atoms with E-state index in [0.29, 0.717) is 5.65 Å². The number of rotatable bonds is 3. The number of aromatic nitrogens is 5. The van der Waals surface area contributed by atoms with Crippen LogP contribution in [0.1, 0.15) is 5.56 Å². The molecule has 0 saturated heterocycles. The molecule has 0 saturated carbocycles. The molecular weight excluding hydrogens is 228 g/mol. The van der Waals surface area contributed by atoms with Crippen molar-refractivity contribution in [1.82, 2.24) is 25.0 Å². The predicted octanol–water partition coefficient (Wildman–Crippen LogP) is 1.16. The number of nitrogens with zero attached hydrogens (tertiary/aromatic N) is 6. The summed E-state index contributed by atoms with van der Waals surface area (Å²) in [5.41, 5.74) is 1.87. The first-order valence-electron chi connectivity index (χ1n) is 5.62. The van der Waals surface area contributed by atoms with E-state index in [-0.39, 0.29) is 0 Å². The average Bonchev–Trinajstić information content (AvgIpc) is 2.87. The lowest BCUT2D eigenvalue weighted by Gasteiger charge is -2.18. The molecule has 2 heterocycles. The van der Waals surface area contributed by atoms with Crippen molar-refractivity contribution in [1.29, 1.82) is 0 Å². The minimum absolute atomic E-state index is 0.646. The Morgan fingerprint density at radius 3 is 2.83 bits per heavy atom. The molecule has 0 aliphatic rings. The summed E-state index contributed by atoms with van der Waals surface area (Å²) in [7, 11) is 1.99. The van der Waals surface area contributed by atoms with E-state index in [2.05, 4.69) is 37.5 Å². The third-order valence-corrected chi connectivity index (χ3v) is 2.74. The third-order valence-electron chi connectivity index (χ3n) is 2.74. The molecule has 0 bridgehead atoms. The summed E-state index contributed by atoms with van der Waals surface area (Å²) in [6.45, 7) is 0.779. The number of fused-ring (bicyclic) bond motifs is 1. The Bertz CT molecular complexity index is 648. The van der Waals surface area contributed by atoms with E-state index in [1.165, 1.54) is 5.56 Å². The molecule has 0 amide bonds. The van der Waals surface area contributed by atoms with Crippen molar-refractivity contribution < 1.29 is 0 Å². The second-order valence-corrected chi connectivity index (χ2v) is 4.06. The van der Waals surface area contributed by atoms with Gasteiger partial charge in [-0.05, 0) is 16.0 Å². The van der Waals surface area contributed by atoms with Crippen molar-refractivity contribution in [3.63, 3.8) is 0 Å². The van der Waals surface area contributed by atoms with Crippen molar-refractivity contribution in [2.75, 3.05) is 11.9 Å². The largest absolute Gasteiger partial charge is 0.354 e. The molecule has 0 aliphatic heterocycles. The SMILES string of the molecule is CN(Cc1ccccc1)c1cncc2nnnn12. The van der Waals surface area contributed by atoms with Gasteiger partial charge in [0.15, 0.2) is 11.5 Å². The highest BCUT2D eigenvalue weighted by Crippen LogP contribution is 2.14. The minimum Gasteiger partial charge on any atom is -0.354 e. The molecule has 0 unspecified atom stereocenters. The van der Waals surface area contributed by atoms with E-state index in [9.17, 15) is 0 Å². The van der Waals surface area contributed by atoms with Crippen LogP contribution in [-0.4, -0.2) is 32.1 Å². The van der Waals surface area contributed by atoms with Crippen LogP contribution in [0.25, 0.3) is 5.65 Å². The lowest BCUT2D eigenvalue weighted by Crippen LogP contribution is -2.19. The summed E-state index contributed by atoms with van der Waals surface area (Å²) in [4.78, 5) is 6.20. The Balaban J connectivity index is 1.92. The van der Waals surface area contributed by atoms with Gasteiger partial charge in [0.1, 0.15) is 0 Å². The molecule has 0 aliphatic carbocycles. The van der Waals surface area contributed by atoms with Crippen LogP contribution in [0, 0.1) is 0 Å². The molecular formula is C12H12N6. The summed E-state index contributed by atoms with van der Waals surface area (Å²) >= 11 is 0. The van der Waals surface area contributed by atoms with Gasteiger partial charge in [0.25, 0.3) is 0 Å². The zero-order valence-corrected chi connectivity index (χ0v) is 9.93. The van der Waals surface area contributed by atoms with Crippen LogP contribution in [-0.2, 0) is 6.54 Å². The van der Waals surface area contributed by atoms with Crippen LogP contribution in [0.2, 0.25) is 0 Å². The first-order valence-corrected chi connectivity index (χ1v) is 5.62. The second kappa shape index (κ2) is 4.40. The molecule has 3 aromatic rings. The second-order valence-electron chi connectivity index (χ2n) is 4.06. The van der Waals surface area contributed by atoms with Crippen molar-refractivity contribution >= 4 is 11.5 Å². The lowest BCUT2D eigenvalue weighted by molar-refractivity contribution is 0.782. The van der Waals surface area contributed by atoms with Crippen molar-refractivity contribution in [3.05, 3.63) is 48.3 Å². The van der Waals surface area contributed by atoms with Gasteiger partial charge in [-0.2, -0.15) is 4.52 Å². The molecule has 0 spiro atoms. The molecule has 0 atom stereocenters. The Hall–Kier alpha value is -2.50. The van der Waals surface area contributed by atoms with Gasteiger partial charge in [0, 0.05) is 13.6 Å². The molecule has 1 aromatic carbocycles. The Kier molecular flexibility index (Phi) is 2.60. The van der Waals surface area contributed by atoms with Crippen LogP contribution < -0.4 is 4.90 Å². The zero-order chi connectivity index (χ0) is 12.4. The Labute approximate surface area is 104 Å². The highest BCUT2D eigenvalue weighted by atomic mass is 15.5. The van der Waals surface area contributed by atoms with Gasteiger partial charge >= 0.3 is 0 Å².